The Balaban J connectivity index is 0.963. The van der Waals surface area contributed by atoms with Crippen LogP contribution in [-0.4, -0.2) is 35.2 Å². The first-order valence-corrected chi connectivity index (χ1v) is 15.7. The number of halogens is 1. The predicted octanol–water partition coefficient (Wildman–Crippen LogP) is 5.19. The van der Waals surface area contributed by atoms with Crippen molar-refractivity contribution < 1.29 is 18.8 Å². The number of fused-ring (bicyclic) bond motifs is 1. The van der Waals surface area contributed by atoms with E-state index in [0.717, 1.165) is 40.3 Å². The first kappa shape index (κ1) is 26.2. The van der Waals surface area contributed by atoms with E-state index in [4.69, 9.17) is 0 Å². The molecule has 4 aliphatic carbocycles. The molecule has 2 aromatic rings. The van der Waals surface area contributed by atoms with Gasteiger partial charge in [0.2, 0.25) is 11.8 Å². The van der Waals surface area contributed by atoms with Gasteiger partial charge in [-0.1, -0.05) is 18.2 Å². The molecule has 1 saturated heterocycles. The molecule has 8 heteroatoms. The maximum Gasteiger partial charge on any atom is 0.255 e. The molecule has 2 aliphatic heterocycles. The van der Waals surface area contributed by atoms with Gasteiger partial charge in [0.1, 0.15) is 11.9 Å². The molecule has 6 nitrogen and oxygen atoms in total. The van der Waals surface area contributed by atoms with Crippen LogP contribution in [-0.2, 0) is 28.4 Å². The molecule has 0 spiro atoms. The Morgan fingerprint density at radius 3 is 2.48 bits per heavy atom. The van der Waals surface area contributed by atoms with Crippen LogP contribution in [0.1, 0.15) is 78.4 Å². The quantitative estimate of drug-likeness (QED) is 0.343. The van der Waals surface area contributed by atoms with Crippen molar-refractivity contribution in [2.75, 3.05) is 6.54 Å². The number of benzene rings is 2. The molecule has 1 atom stereocenters. The topological polar surface area (TPSA) is 78.5 Å². The molecular formula is C32H36FN3O3S. The van der Waals surface area contributed by atoms with Crippen LogP contribution in [0.5, 0.6) is 0 Å². The maximum atomic E-state index is 15.1. The molecule has 4 saturated carbocycles. The van der Waals surface area contributed by atoms with Gasteiger partial charge in [-0.2, -0.15) is 0 Å². The largest absolute Gasteiger partial charge is 0.322 e. The molecule has 1 unspecified atom stereocenters. The van der Waals surface area contributed by atoms with E-state index >= 15 is 4.39 Å². The lowest BCUT2D eigenvalue weighted by atomic mass is 9.49. The van der Waals surface area contributed by atoms with E-state index in [-0.39, 0.29) is 24.1 Å². The Kier molecular flexibility index (Phi) is 6.74. The van der Waals surface area contributed by atoms with Gasteiger partial charge in [-0.15, -0.1) is 11.8 Å². The summed E-state index contributed by atoms with van der Waals surface area (Å²) in [6, 6.07) is 10.5. The van der Waals surface area contributed by atoms with Crippen LogP contribution in [0.2, 0.25) is 0 Å². The van der Waals surface area contributed by atoms with Crippen LogP contribution < -0.4 is 10.6 Å². The van der Waals surface area contributed by atoms with E-state index in [2.05, 4.69) is 10.6 Å². The minimum Gasteiger partial charge on any atom is -0.322 e. The zero-order valence-corrected chi connectivity index (χ0v) is 23.5. The second kappa shape index (κ2) is 10.3. The molecule has 210 valence electrons. The molecule has 3 amide bonds. The van der Waals surface area contributed by atoms with Gasteiger partial charge < -0.3 is 10.2 Å². The fourth-order valence-electron chi connectivity index (χ4n) is 8.65. The van der Waals surface area contributed by atoms with Gasteiger partial charge in [0.15, 0.2) is 0 Å². The number of imide groups is 1. The van der Waals surface area contributed by atoms with Crippen LogP contribution in [0.15, 0.2) is 41.3 Å². The van der Waals surface area contributed by atoms with E-state index in [0.29, 0.717) is 41.8 Å². The van der Waals surface area contributed by atoms with Crippen LogP contribution in [0, 0.1) is 29.0 Å². The highest BCUT2D eigenvalue weighted by Crippen LogP contribution is 2.59. The third-order valence-electron chi connectivity index (χ3n) is 10.0. The summed E-state index contributed by atoms with van der Waals surface area (Å²) in [5.41, 5.74) is 3.54. The van der Waals surface area contributed by atoms with Gasteiger partial charge >= 0.3 is 0 Å². The SMILES string of the molecule is O=C1CCC(N2Cc3c(SCc4ccc(CNCC56CC7CC(CC(C7)C5)C6)c(F)c4)cccc3C2=O)C(=O)N1. The van der Waals surface area contributed by atoms with Crippen LogP contribution in [0.3, 0.4) is 0 Å². The Hall–Kier alpha value is -2.71. The third kappa shape index (κ3) is 4.87. The highest BCUT2D eigenvalue weighted by atomic mass is 32.2. The summed E-state index contributed by atoms with van der Waals surface area (Å²) < 4.78 is 15.1. The summed E-state index contributed by atoms with van der Waals surface area (Å²) in [7, 11) is 0. The highest BCUT2D eigenvalue weighted by molar-refractivity contribution is 7.98. The summed E-state index contributed by atoms with van der Waals surface area (Å²) in [5, 5.41) is 5.97. The Morgan fingerprint density at radius 2 is 1.77 bits per heavy atom. The molecule has 8 rings (SSSR count). The van der Waals surface area contributed by atoms with Crippen LogP contribution >= 0.6 is 11.8 Å². The highest BCUT2D eigenvalue weighted by Gasteiger charge is 2.50. The third-order valence-corrected chi connectivity index (χ3v) is 11.2. The number of nitrogens with one attached hydrogen (secondary N) is 2. The number of thioether (sulfide) groups is 1. The number of piperidine rings is 1. The van der Waals surface area contributed by atoms with Crippen LogP contribution in [0.4, 0.5) is 4.39 Å². The summed E-state index contributed by atoms with van der Waals surface area (Å²) in [6.07, 6.45) is 8.95. The number of nitrogens with zero attached hydrogens (tertiary/aromatic N) is 1. The van der Waals surface area contributed by atoms with Crippen molar-refractivity contribution in [3.05, 3.63) is 64.5 Å². The lowest BCUT2D eigenvalue weighted by Crippen LogP contribution is -2.52. The standard InChI is InChI=1S/C32H36FN3O3S/c33-26-11-19(4-5-23(26)15-34-18-32-12-20-8-21(13-32)10-22(9-20)14-32)17-40-28-3-1-2-24-25(28)16-36(31(24)39)27-6-7-29(37)35-30(27)38/h1-5,11,20-22,27,34H,6-10,12-18H2,(H,35,37,38). The van der Waals surface area contributed by atoms with Crippen LogP contribution in [0.25, 0.3) is 0 Å². The second-order valence-corrected chi connectivity index (χ2v) is 13.9. The summed E-state index contributed by atoms with van der Waals surface area (Å²) in [5.74, 6) is 2.30. The van der Waals surface area contributed by atoms with Gasteiger partial charge in [0.05, 0.1) is 0 Å². The minimum absolute atomic E-state index is 0.173. The Labute approximate surface area is 238 Å². The van der Waals surface area contributed by atoms with Crippen molar-refractivity contribution in [2.24, 2.45) is 23.2 Å². The molecule has 6 aliphatic rings. The number of carbonyl (C=O) groups is 3. The molecule has 2 aromatic carbocycles. The fourth-order valence-corrected chi connectivity index (χ4v) is 9.67. The van der Waals surface area contributed by atoms with Crippen molar-refractivity contribution in [1.29, 1.82) is 0 Å². The first-order chi connectivity index (χ1) is 19.4. The summed E-state index contributed by atoms with van der Waals surface area (Å²) in [4.78, 5) is 39.6. The molecule has 0 radical (unpaired) electrons. The Morgan fingerprint density at radius 1 is 1.02 bits per heavy atom. The van der Waals surface area contributed by atoms with Crippen molar-refractivity contribution in [1.82, 2.24) is 15.5 Å². The maximum absolute atomic E-state index is 15.1. The molecule has 2 N–H and O–H groups in total. The van der Waals surface area contributed by atoms with Crippen molar-refractivity contribution in [2.45, 2.75) is 81.1 Å². The first-order valence-electron chi connectivity index (χ1n) is 14.7. The number of amides is 3. The zero-order valence-electron chi connectivity index (χ0n) is 22.7. The smallest absolute Gasteiger partial charge is 0.255 e. The number of hydrogen-bond donors (Lipinski definition) is 2. The molecule has 40 heavy (non-hydrogen) atoms. The lowest BCUT2D eigenvalue weighted by molar-refractivity contribution is -0.136. The van der Waals surface area contributed by atoms with E-state index < -0.39 is 11.9 Å². The average Bonchev–Trinajstić information content (AvgIpc) is 3.24. The summed E-state index contributed by atoms with van der Waals surface area (Å²) >= 11 is 1.58. The second-order valence-electron chi connectivity index (χ2n) is 12.9. The fraction of sp³-hybridized carbons (Fsp3) is 0.531. The van der Waals surface area contributed by atoms with Gasteiger partial charge in [0, 0.05) is 47.8 Å². The van der Waals surface area contributed by atoms with Crippen molar-refractivity contribution in [3.63, 3.8) is 0 Å². The number of rotatable bonds is 8. The number of hydrogen-bond acceptors (Lipinski definition) is 5. The predicted molar refractivity (Wildman–Crippen MR) is 151 cm³/mol. The molecular weight excluding hydrogens is 525 g/mol. The molecule has 0 aromatic heterocycles. The van der Waals surface area contributed by atoms with Gasteiger partial charge in [0.25, 0.3) is 5.91 Å². The van der Waals surface area contributed by atoms with Gasteiger partial charge in [-0.3, -0.25) is 19.7 Å². The molecule has 2 heterocycles. The zero-order chi connectivity index (χ0) is 27.4. The summed E-state index contributed by atoms with van der Waals surface area (Å²) in [6.45, 7) is 1.90. The van der Waals surface area contributed by atoms with Gasteiger partial charge in [-0.25, -0.2) is 4.39 Å². The minimum atomic E-state index is -0.631. The van der Waals surface area contributed by atoms with Gasteiger partial charge in [-0.05, 0) is 97.4 Å². The van der Waals surface area contributed by atoms with E-state index in [1.54, 1.807) is 28.8 Å². The van der Waals surface area contributed by atoms with Crippen molar-refractivity contribution >= 4 is 29.5 Å². The average molecular weight is 562 g/mol. The van der Waals surface area contributed by atoms with E-state index in [1.165, 1.54) is 38.5 Å². The van der Waals surface area contributed by atoms with E-state index in [9.17, 15) is 14.4 Å². The van der Waals surface area contributed by atoms with Crippen molar-refractivity contribution in [3.8, 4) is 0 Å². The normalized spacial score (nSPS) is 30.6. The molecule has 5 fully saturated rings. The monoisotopic (exact) mass is 561 g/mol. The number of carbonyl (C=O) groups excluding carboxylic acids is 3. The molecule has 4 bridgehead atoms. The van der Waals surface area contributed by atoms with E-state index in [1.807, 2.05) is 24.3 Å². The Bertz CT molecular complexity index is 1340. The lowest BCUT2D eigenvalue weighted by Gasteiger charge is -2.57.